The van der Waals surface area contributed by atoms with E-state index in [-0.39, 0.29) is 25.8 Å². The summed E-state index contributed by atoms with van der Waals surface area (Å²) in [6.07, 6.45) is 5.47. The van der Waals surface area contributed by atoms with Crippen molar-refractivity contribution in [1.82, 2.24) is 0 Å². The summed E-state index contributed by atoms with van der Waals surface area (Å²) in [5.41, 5.74) is 2.29. The Balaban J connectivity index is 3.73. The number of rotatable bonds is 9. The number of esters is 1. The third kappa shape index (κ3) is 11.4. The van der Waals surface area contributed by atoms with E-state index in [1.54, 1.807) is 0 Å². The molecule has 0 amide bonds. The normalized spacial score (nSPS) is 11.2. The van der Waals surface area contributed by atoms with Crippen molar-refractivity contribution in [1.29, 1.82) is 0 Å². The summed E-state index contributed by atoms with van der Waals surface area (Å²) in [4.78, 5) is 11.4. The fourth-order valence-electron chi connectivity index (χ4n) is 1.27. The maximum atomic E-state index is 11.4. The highest BCUT2D eigenvalue weighted by atomic mass is 16.6. The quantitative estimate of drug-likeness (QED) is 0.297. The smallest absolute Gasteiger partial charge is 0.330 e. The molecule has 0 aromatic rings. The maximum Gasteiger partial charge on any atom is 0.330 e. The highest BCUT2D eigenvalue weighted by Gasteiger charge is 1.99. The first-order valence-electron chi connectivity index (χ1n) is 6.22. The van der Waals surface area contributed by atoms with Gasteiger partial charge in [-0.1, -0.05) is 17.2 Å². The van der Waals surface area contributed by atoms with Crippen LogP contribution < -0.4 is 0 Å². The summed E-state index contributed by atoms with van der Waals surface area (Å²) >= 11 is 0. The third-order valence-electron chi connectivity index (χ3n) is 2.16. The molecule has 0 aliphatic heterocycles. The molecule has 0 aromatic heterocycles. The van der Waals surface area contributed by atoms with E-state index >= 15 is 0 Å². The lowest BCUT2D eigenvalue weighted by Crippen LogP contribution is -2.10. The van der Waals surface area contributed by atoms with E-state index < -0.39 is 0 Å². The van der Waals surface area contributed by atoms with Crippen LogP contribution in [0.1, 0.15) is 33.6 Å². The first kappa shape index (κ1) is 16.9. The van der Waals surface area contributed by atoms with Crippen molar-refractivity contribution in [2.75, 3.05) is 26.4 Å². The van der Waals surface area contributed by atoms with E-state index in [1.165, 1.54) is 11.6 Å². The summed E-state index contributed by atoms with van der Waals surface area (Å²) in [7, 11) is 0. The van der Waals surface area contributed by atoms with Crippen LogP contribution in [0.5, 0.6) is 0 Å². The highest BCUT2D eigenvalue weighted by Crippen LogP contribution is 2.06. The van der Waals surface area contributed by atoms with Gasteiger partial charge in [0.25, 0.3) is 0 Å². The van der Waals surface area contributed by atoms with Gasteiger partial charge in [-0.15, -0.1) is 0 Å². The van der Waals surface area contributed by atoms with Crippen LogP contribution in [0.25, 0.3) is 0 Å². The van der Waals surface area contributed by atoms with Gasteiger partial charge >= 0.3 is 5.97 Å². The lowest BCUT2D eigenvalue weighted by Gasteiger charge is -2.03. The van der Waals surface area contributed by atoms with Gasteiger partial charge in [0.15, 0.2) is 0 Å². The maximum absolute atomic E-state index is 11.4. The van der Waals surface area contributed by atoms with Crippen LogP contribution in [-0.2, 0) is 14.3 Å². The van der Waals surface area contributed by atoms with Gasteiger partial charge in [0.2, 0.25) is 0 Å². The van der Waals surface area contributed by atoms with Gasteiger partial charge in [-0.2, -0.15) is 0 Å². The minimum Gasteiger partial charge on any atom is -0.460 e. The largest absolute Gasteiger partial charge is 0.460 e. The molecule has 0 aromatic carbocycles. The Bertz CT molecular complexity index is 288. The molecule has 0 atom stereocenters. The standard InChI is InChI=1S/C14H24O4/c1-12(2)5-4-6-13(3)11-14(16)18-10-9-17-8-7-15/h5,11,15H,4,6-10H2,1-3H3/b13-11+. The molecule has 0 unspecified atom stereocenters. The number of ether oxygens (including phenoxy) is 2. The van der Waals surface area contributed by atoms with Crippen molar-refractivity contribution in [3.05, 3.63) is 23.3 Å². The second-order valence-electron chi connectivity index (χ2n) is 4.31. The summed E-state index contributed by atoms with van der Waals surface area (Å²) in [6.45, 7) is 6.82. The zero-order valence-corrected chi connectivity index (χ0v) is 11.6. The van der Waals surface area contributed by atoms with Gasteiger partial charge in [-0.25, -0.2) is 4.79 Å². The molecule has 4 nitrogen and oxygen atoms in total. The minimum absolute atomic E-state index is 0.0165. The van der Waals surface area contributed by atoms with E-state index in [9.17, 15) is 4.79 Å². The number of hydrogen-bond donors (Lipinski definition) is 1. The molecule has 0 bridgehead atoms. The lowest BCUT2D eigenvalue weighted by atomic mass is 10.1. The summed E-state index contributed by atoms with van der Waals surface area (Å²) in [5, 5.41) is 8.47. The molecule has 0 aliphatic rings. The van der Waals surface area contributed by atoms with Crippen LogP contribution in [0.3, 0.4) is 0 Å². The third-order valence-corrected chi connectivity index (χ3v) is 2.16. The molecular weight excluding hydrogens is 232 g/mol. The molecule has 0 rings (SSSR count). The zero-order chi connectivity index (χ0) is 13.8. The molecular formula is C14H24O4. The van der Waals surface area contributed by atoms with Gasteiger partial charge in [0.1, 0.15) is 6.61 Å². The van der Waals surface area contributed by atoms with Crippen LogP contribution in [0.15, 0.2) is 23.3 Å². The topological polar surface area (TPSA) is 55.8 Å². The van der Waals surface area contributed by atoms with Crippen molar-refractivity contribution < 1.29 is 19.4 Å². The predicted molar refractivity (Wildman–Crippen MR) is 71.3 cm³/mol. The molecule has 0 saturated carbocycles. The molecule has 0 fully saturated rings. The number of carbonyl (C=O) groups excluding carboxylic acids is 1. The Morgan fingerprint density at radius 3 is 2.50 bits per heavy atom. The second kappa shape index (κ2) is 11.0. The van der Waals surface area contributed by atoms with Crippen molar-refractivity contribution in [3.8, 4) is 0 Å². The average molecular weight is 256 g/mol. The van der Waals surface area contributed by atoms with E-state index in [0.29, 0.717) is 6.61 Å². The summed E-state index contributed by atoms with van der Waals surface area (Å²) in [5.74, 6) is -0.336. The molecule has 4 heteroatoms. The Hall–Kier alpha value is -1.13. The van der Waals surface area contributed by atoms with E-state index in [0.717, 1.165) is 18.4 Å². The molecule has 0 radical (unpaired) electrons. The van der Waals surface area contributed by atoms with Gasteiger partial charge in [0.05, 0.1) is 19.8 Å². The number of hydrogen-bond acceptors (Lipinski definition) is 4. The number of aliphatic hydroxyl groups excluding tert-OH is 1. The van der Waals surface area contributed by atoms with Crippen molar-refractivity contribution in [2.24, 2.45) is 0 Å². The van der Waals surface area contributed by atoms with Crippen LogP contribution in [0.4, 0.5) is 0 Å². The molecule has 104 valence electrons. The number of allylic oxidation sites excluding steroid dienone is 3. The fourth-order valence-corrected chi connectivity index (χ4v) is 1.27. The molecule has 0 spiro atoms. The van der Waals surface area contributed by atoms with Crippen LogP contribution in [0, 0.1) is 0 Å². The SMILES string of the molecule is CC(C)=CCC/C(C)=C/C(=O)OCCOCCO. The van der Waals surface area contributed by atoms with Crippen molar-refractivity contribution in [2.45, 2.75) is 33.6 Å². The Morgan fingerprint density at radius 1 is 1.17 bits per heavy atom. The monoisotopic (exact) mass is 256 g/mol. The first-order chi connectivity index (χ1) is 8.56. The predicted octanol–water partition coefficient (Wildman–Crippen LogP) is 2.23. The zero-order valence-electron chi connectivity index (χ0n) is 11.6. The van der Waals surface area contributed by atoms with Crippen LogP contribution in [0.2, 0.25) is 0 Å². The average Bonchev–Trinajstić information content (AvgIpc) is 2.28. The number of carbonyl (C=O) groups is 1. The summed E-state index contributed by atoms with van der Waals surface area (Å²) in [6, 6.07) is 0. The van der Waals surface area contributed by atoms with Crippen molar-refractivity contribution >= 4 is 5.97 Å². The van der Waals surface area contributed by atoms with Gasteiger partial charge in [-0.05, 0) is 33.6 Å². The van der Waals surface area contributed by atoms with E-state index in [2.05, 4.69) is 19.9 Å². The lowest BCUT2D eigenvalue weighted by molar-refractivity contribution is -0.139. The van der Waals surface area contributed by atoms with Crippen LogP contribution in [-0.4, -0.2) is 37.5 Å². The molecule has 1 N–H and O–H groups in total. The second-order valence-corrected chi connectivity index (χ2v) is 4.31. The fraction of sp³-hybridized carbons (Fsp3) is 0.643. The van der Waals surface area contributed by atoms with Gasteiger partial charge in [-0.3, -0.25) is 0 Å². The van der Waals surface area contributed by atoms with Gasteiger partial charge < -0.3 is 14.6 Å². The number of aliphatic hydroxyl groups is 1. The molecule has 0 saturated heterocycles. The summed E-state index contributed by atoms with van der Waals surface area (Å²) < 4.78 is 9.92. The molecule has 18 heavy (non-hydrogen) atoms. The molecule has 0 heterocycles. The van der Waals surface area contributed by atoms with Crippen molar-refractivity contribution in [3.63, 3.8) is 0 Å². The molecule has 0 aliphatic carbocycles. The minimum atomic E-state index is -0.336. The Kier molecular flexibility index (Phi) is 10.3. The Morgan fingerprint density at radius 2 is 1.89 bits per heavy atom. The highest BCUT2D eigenvalue weighted by molar-refractivity contribution is 5.82. The van der Waals surface area contributed by atoms with E-state index in [1.807, 2.05) is 6.92 Å². The first-order valence-corrected chi connectivity index (χ1v) is 6.22. The van der Waals surface area contributed by atoms with Gasteiger partial charge in [0, 0.05) is 6.08 Å². The Labute approximate surface area is 109 Å². The van der Waals surface area contributed by atoms with E-state index in [4.69, 9.17) is 14.6 Å². The van der Waals surface area contributed by atoms with Crippen LogP contribution >= 0.6 is 0 Å².